The first-order chi connectivity index (χ1) is 12.1. The largest absolute Gasteiger partial charge is 0.384 e. The smallest absolute Gasteiger partial charge is 0.212 e. The van der Waals surface area contributed by atoms with Gasteiger partial charge >= 0.3 is 0 Å². The number of hydrogen-bond donors (Lipinski definition) is 2. The molecule has 4 rings (SSSR count). The molecule has 2 heterocycles. The van der Waals surface area contributed by atoms with Crippen molar-refractivity contribution in [2.24, 2.45) is 0 Å². The summed E-state index contributed by atoms with van der Waals surface area (Å²) in [5, 5.41) is 0. The van der Waals surface area contributed by atoms with Crippen molar-refractivity contribution < 1.29 is 8.42 Å². The van der Waals surface area contributed by atoms with Gasteiger partial charge < -0.3 is 10.7 Å². The van der Waals surface area contributed by atoms with E-state index in [1.165, 1.54) is 6.33 Å². The second-order valence-corrected chi connectivity index (χ2v) is 7.99. The number of nitrogens with two attached hydrogens (primary N) is 1. The van der Waals surface area contributed by atoms with Crippen LogP contribution in [0.1, 0.15) is 31.4 Å². The number of hydrogen-bond acceptors (Lipinski definition) is 5. The van der Waals surface area contributed by atoms with Gasteiger partial charge in [0, 0.05) is 0 Å². The molecule has 6 nitrogen and oxygen atoms in total. The van der Waals surface area contributed by atoms with E-state index in [0.717, 1.165) is 37.0 Å². The van der Waals surface area contributed by atoms with Gasteiger partial charge in [0.1, 0.15) is 22.6 Å². The maximum Gasteiger partial charge on any atom is 0.212 e. The Morgan fingerprint density at radius 2 is 1.88 bits per heavy atom. The van der Waals surface area contributed by atoms with Gasteiger partial charge in [-0.3, -0.25) is 0 Å². The molecule has 0 unspecified atom stereocenters. The Bertz CT molecular complexity index is 1070. The van der Waals surface area contributed by atoms with Gasteiger partial charge in [-0.15, -0.1) is 0 Å². The lowest BCUT2D eigenvalue weighted by Crippen LogP contribution is -2.05. The molecule has 1 aromatic carbocycles. The zero-order chi connectivity index (χ0) is 17.4. The second-order valence-electron chi connectivity index (χ2n) is 6.11. The topological polar surface area (TPSA) is 102 Å². The standard InChI is InChI=1S/C18H18N4O2S/c19-18-17(25(23,24)13-9-5-2-6-10-13)16-15(22-18)14(20-11-21-16)12-7-3-1-4-8-12/h2,5-7,9-11,22H,1,3-4,8,19H2. The van der Waals surface area contributed by atoms with E-state index >= 15 is 0 Å². The average Bonchev–Trinajstić information content (AvgIpc) is 2.99. The summed E-state index contributed by atoms with van der Waals surface area (Å²) in [5.74, 6) is 0.0945. The number of rotatable bonds is 3. The van der Waals surface area contributed by atoms with E-state index in [2.05, 4.69) is 21.0 Å². The summed E-state index contributed by atoms with van der Waals surface area (Å²) < 4.78 is 26.1. The van der Waals surface area contributed by atoms with Crippen LogP contribution in [0.2, 0.25) is 0 Å². The minimum atomic E-state index is -3.77. The van der Waals surface area contributed by atoms with Gasteiger partial charge in [-0.05, 0) is 43.4 Å². The minimum absolute atomic E-state index is 0.0220. The number of aromatic amines is 1. The predicted octanol–water partition coefficient (Wildman–Crippen LogP) is 3.33. The van der Waals surface area contributed by atoms with E-state index in [-0.39, 0.29) is 15.6 Å². The molecule has 0 saturated carbocycles. The molecule has 1 aliphatic rings. The third-order valence-electron chi connectivity index (χ3n) is 4.48. The van der Waals surface area contributed by atoms with Gasteiger partial charge in [-0.1, -0.05) is 24.3 Å². The van der Waals surface area contributed by atoms with Crippen LogP contribution in [0, 0.1) is 0 Å². The van der Waals surface area contributed by atoms with Crippen LogP contribution in [-0.4, -0.2) is 23.4 Å². The normalized spacial score (nSPS) is 15.3. The van der Waals surface area contributed by atoms with Crippen molar-refractivity contribution in [1.82, 2.24) is 15.0 Å². The number of anilines is 1. The molecule has 0 atom stereocenters. The van der Waals surface area contributed by atoms with E-state index in [4.69, 9.17) is 5.73 Å². The summed E-state index contributed by atoms with van der Waals surface area (Å²) in [4.78, 5) is 11.8. The summed E-state index contributed by atoms with van der Waals surface area (Å²) in [5.41, 5.74) is 8.84. The third-order valence-corrected chi connectivity index (χ3v) is 6.33. The van der Waals surface area contributed by atoms with E-state index in [0.29, 0.717) is 11.0 Å². The number of nitrogen functional groups attached to an aromatic ring is 1. The molecule has 128 valence electrons. The maximum atomic E-state index is 13.0. The summed E-state index contributed by atoms with van der Waals surface area (Å²) in [6.07, 6.45) is 7.76. The quantitative estimate of drug-likeness (QED) is 0.751. The van der Waals surface area contributed by atoms with Crippen LogP contribution >= 0.6 is 0 Å². The first-order valence-electron chi connectivity index (χ1n) is 8.21. The first kappa shape index (κ1) is 15.8. The van der Waals surface area contributed by atoms with Crippen molar-refractivity contribution in [1.29, 1.82) is 0 Å². The van der Waals surface area contributed by atoms with Gasteiger partial charge in [-0.25, -0.2) is 18.4 Å². The molecule has 0 fully saturated rings. The van der Waals surface area contributed by atoms with Crippen LogP contribution in [0.5, 0.6) is 0 Å². The fraction of sp³-hybridized carbons (Fsp3) is 0.222. The highest BCUT2D eigenvalue weighted by atomic mass is 32.2. The van der Waals surface area contributed by atoms with Crippen LogP contribution in [0.25, 0.3) is 16.6 Å². The maximum absolute atomic E-state index is 13.0. The minimum Gasteiger partial charge on any atom is -0.384 e. The third kappa shape index (κ3) is 2.60. The lowest BCUT2D eigenvalue weighted by Gasteiger charge is -2.12. The number of H-pyrrole nitrogens is 1. The Hall–Kier alpha value is -2.67. The highest BCUT2D eigenvalue weighted by Gasteiger charge is 2.28. The van der Waals surface area contributed by atoms with Gasteiger partial charge in [0.05, 0.1) is 16.1 Å². The van der Waals surface area contributed by atoms with Crippen molar-refractivity contribution in [3.05, 3.63) is 48.4 Å². The predicted molar refractivity (Wildman–Crippen MR) is 96.6 cm³/mol. The van der Waals surface area contributed by atoms with E-state index < -0.39 is 9.84 Å². The van der Waals surface area contributed by atoms with Gasteiger partial charge in [0.25, 0.3) is 0 Å². The zero-order valence-corrected chi connectivity index (χ0v) is 14.4. The number of sulfone groups is 1. The molecule has 0 amide bonds. The average molecular weight is 354 g/mol. The number of aromatic nitrogens is 3. The fourth-order valence-electron chi connectivity index (χ4n) is 3.28. The van der Waals surface area contributed by atoms with Crippen molar-refractivity contribution in [3.8, 4) is 0 Å². The summed E-state index contributed by atoms with van der Waals surface area (Å²) in [6.45, 7) is 0. The number of allylic oxidation sites excluding steroid dienone is 2. The molecule has 0 radical (unpaired) electrons. The molecule has 7 heteroatoms. The first-order valence-corrected chi connectivity index (χ1v) is 9.69. The van der Waals surface area contributed by atoms with Gasteiger partial charge in [-0.2, -0.15) is 0 Å². The molecule has 0 saturated heterocycles. The molecular weight excluding hydrogens is 336 g/mol. The SMILES string of the molecule is Nc1[nH]c2c(C3=CCCCC3)ncnc2c1S(=O)(=O)c1ccccc1. The second kappa shape index (κ2) is 6.00. The van der Waals surface area contributed by atoms with E-state index in [9.17, 15) is 8.42 Å². The summed E-state index contributed by atoms with van der Waals surface area (Å²) in [7, 11) is -3.77. The zero-order valence-electron chi connectivity index (χ0n) is 13.6. The number of benzene rings is 1. The molecule has 1 aliphatic carbocycles. The lowest BCUT2D eigenvalue weighted by molar-refractivity contribution is 0.597. The molecule has 0 spiro atoms. The molecule has 25 heavy (non-hydrogen) atoms. The molecule has 3 N–H and O–H groups in total. The van der Waals surface area contributed by atoms with Crippen LogP contribution in [-0.2, 0) is 9.84 Å². The van der Waals surface area contributed by atoms with Crippen LogP contribution in [0.3, 0.4) is 0 Å². The lowest BCUT2D eigenvalue weighted by atomic mass is 9.96. The molecular formula is C18H18N4O2S. The number of fused-ring (bicyclic) bond motifs is 1. The number of nitrogens with one attached hydrogen (secondary N) is 1. The fourth-order valence-corrected chi connectivity index (χ4v) is 4.78. The van der Waals surface area contributed by atoms with Crippen LogP contribution < -0.4 is 5.73 Å². The molecule has 0 bridgehead atoms. The van der Waals surface area contributed by atoms with E-state index in [1.54, 1.807) is 30.3 Å². The van der Waals surface area contributed by atoms with Crippen molar-refractivity contribution in [2.45, 2.75) is 35.5 Å². The Kier molecular flexibility index (Phi) is 3.80. The Labute approximate surface area is 145 Å². The highest BCUT2D eigenvalue weighted by Crippen LogP contribution is 2.36. The van der Waals surface area contributed by atoms with Crippen molar-refractivity contribution in [3.63, 3.8) is 0 Å². The molecule has 2 aromatic heterocycles. The number of nitrogens with zero attached hydrogens (tertiary/aromatic N) is 2. The van der Waals surface area contributed by atoms with Gasteiger partial charge in [0.15, 0.2) is 0 Å². The summed E-state index contributed by atoms with van der Waals surface area (Å²) >= 11 is 0. The van der Waals surface area contributed by atoms with Crippen LogP contribution in [0.15, 0.2) is 52.5 Å². The monoisotopic (exact) mass is 354 g/mol. The Morgan fingerprint density at radius 3 is 2.60 bits per heavy atom. The highest BCUT2D eigenvalue weighted by molar-refractivity contribution is 7.92. The van der Waals surface area contributed by atoms with Crippen molar-refractivity contribution >= 4 is 32.3 Å². The van der Waals surface area contributed by atoms with Gasteiger partial charge in [0.2, 0.25) is 9.84 Å². The molecule has 3 aromatic rings. The Morgan fingerprint density at radius 1 is 1.08 bits per heavy atom. The van der Waals surface area contributed by atoms with E-state index in [1.807, 2.05) is 0 Å². The summed E-state index contributed by atoms with van der Waals surface area (Å²) in [6, 6.07) is 8.25. The van der Waals surface area contributed by atoms with Crippen molar-refractivity contribution in [2.75, 3.05) is 5.73 Å². The molecule has 0 aliphatic heterocycles. The van der Waals surface area contributed by atoms with Crippen LogP contribution in [0.4, 0.5) is 5.82 Å². The Balaban J connectivity index is 1.95.